The SMILES string of the molecule is CCCc1nc(CN(C)CCC2CCS(=O)(=O)C2)no1. The van der Waals surface area contributed by atoms with E-state index in [1.54, 1.807) is 0 Å². The molecule has 6 nitrogen and oxygen atoms in total. The minimum atomic E-state index is -2.76. The number of rotatable bonds is 7. The molecule has 0 N–H and O–H groups in total. The summed E-state index contributed by atoms with van der Waals surface area (Å²) in [6.07, 6.45) is 3.53. The Labute approximate surface area is 120 Å². The summed E-state index contributed by atoms with van der Waals surface area (Å²) in [5.41, 5.74) is 0. The molecule has 1 aromatic rings. The van der Waals surface area contributed by atoms with Gasteiger partial charge in [0.25, 0.3) is 0 Å². The van der Waals surface area contributed by atoms with E-state index in [4.69, 9.17) is 4.52 Å². The van der Waals surface area contributed by atoms with Gasteiger partial charge in [0.05, 0.1) is 18.1 Å². The van der Waals surface area contributed by atoms with E-state index < -0.39 is 9.84 Å². The molecule has 1 unspecified atom stereocenters. The fourth-order valence-electron chi connectivity index (χ4n) is 2.49. The van der Waals surface area contributed by atoms with E-state index in [1.165, 1.54) is 0 Å². The van der Waals surface area contributed by atoms with Crippen molar-refractivity contribution in [1.29, 1.82) is 0 Å². The lowest BCUT2D eigenvalue weighted by atomic mass is 10.1. The first-order valence-corrected chi connectivity index (χ1v) is 9.01. The molecule has 1 atom stereocenters. The van der Waals surface area contributed by atoms with Gasteiger partial charge in [-0.05, 0) is 38.8 Å². The molecule has 0 bridgehead atoms. The Morgan fingerprint density at radius 1 is 1.45 bits per heavy atom. The summed E-state index contributed by atoms with van der Waals surface area (Å²) in [7, 11) is -0.764. The quantitative estimate of drug-likeness (QED) is 0.755. The lowest BCUT2D eigenvalue weighted by Gasteiger charge is -2.16. The highest BCUT2D eigenvalue weighted by Crippen LogP contribution is 2.21. The molecule has 1 saturated heterocycles. The molecule has 2 rings (SSSR count). The minimum absolute atomic E-state index is 0.309. The van der Waals surface area contributed by atoms with Crippen LogP contribution in [0.4, 0.5) is 0 Å². The number of hydrogen-bond donors (Lipinski definition) is 0. The van der Waals surface area contributed by atoms with Crippen molar-refractivity contribution >= 4 is 9.84 Å². The fourth-order valence-corrected chi connectivity index (χ4v) is 4.40. The molecule has 0 amide bonds. The summed E-state index contributed by atoms with van der Waals surface area (Å²) in [4.78, 5) is 6.44. The second kappa shape index (κ2) is 6.67. The Morgan fingerprint density at radius 2 is 2.25 bits per heavy atom. The molecule has 2 heterocycles. The maximum atomic E-state index is 11.4. The highest BCUT2D eigenvalue weighted by molar-refractivity contribution is 7.91. The van der Waals surface area contributed by atoms with Crippen LogP contribution in [0, 0.1) is 5.92 Å². The molecule has 0 aromatic carbocycles. The van der Waals surface area contributed by atoms with Gasteiger partial charge in [0, 0.05) is 6.42 Å². The molecule has 7 heteroatoms. The zero-order chi connectivity index (χ0) is 14.6. The van der Waals surface area contributed by atoms with E-state index in [0.717, 1.165) is 32.2 Å². The van der Waals surface area contributed by atoms with Crippen LogP contribution in [0.2, 0.25) is 0 Å². The number of sulfone groups is 1. The van der Waals surface area contributed by atoms with E-state index >= 15 is 0 Å². The van der Waals surface area contributed by atoms with Crippen LogP contribution < -0.4 is 0 Å². The van der Waals surface area contributed by atoms with Gasteiger partial charge in [0.2, 0.25) is 5.89 Å². The van der Waals surface area contributed by atoms with Crippen LogP contribution in [-0.4, -0.2) is 48.6 Å². The topological polar surface area (TPSA) is 76.3 Å². The summed E-state index contributed by atoms with van der Waals surface area (Å²) < 4.78 is 27.9. The first-order valence-electron chi connectivity index (χ1n) is 7.19. The summed E-state index contributed by atoms with van der Waals surface area (Å²) >= 11 is 0. The number of aryl methyl sites for hydroxylation is 1. The molecule has 1 aliphatic rings. The van der Waals surface area contributed by atoms with Crippen molar-refractivity contribution in [3.05, 3.63) is 11.7 Å². The van der Waals surface area contributed by atoms with Crippen LogP contribution in [0.15, 0.2) is 4.52 Å². The van der Waals surface area contributed by atoms with Crippen molar-refractivity contribution in [2.45, 2.75) is 39.2 Å². The Balaban J connectivity index is 1.73. The van der Waals surface area contributed by atoms with Crippen molar-refractivity contribution in [2.75, 3.05) is 25.1 Å². The van der Waals surface area contributed by atoms with Gasteiger partial charge in [-0.25, -0.2) is 8.42 Å². The van der Waals surface area contributed by atoms with E-state index in [9.17, 15) is 8.42 Å². The van der Waals surface area contributed by atoms with Gasteiger partial charge in [-0.3, -0.25) is 4.90 Å². The van der Waals surface area contributed by atoms with Crippen LogP contribution >= 0.6 is 0 Å². The van der Waals surface area contributed by atoms with Crippen LogP contribution in [0.1, 0.15) is 37.9 Å². The van der Waals surface area contributed by atoms with Gasteiger partial charge < -0.3 is 4.52 Å². The van der Waals surface area contributed by atoms with Crippen molar-refractivity contribution in [2.24, 2.45) is 5.92 Å². The lowest BCUT2D eigenvalue weighted by molar-refractivity contribution is 0.285. The average Bonchev–Trinajstić information content (AvgIpc) is 2.94. The normalized spacial score (nSPS) is 21.6. The Morgan fingerprint density at radius 3 is 2.90 bits per heavy atom. The molecule has 114 valence electrons. The van der Waals surface area contributed by atoms with Crippen LogP contribution in [0.5, 0.6) is 0 Å². The second-order valence-electron chi connectivity index (χ2n) is 5.65. The fraction of sp³-hybridized carbons (Fsp3) is 0.846. The Hall–Kier alpha value is -0.950. The minimum Gasteiger partial charge on any atom is -0.339 e. The van der Waals surface area contributed by atoms with Gasteiger partial charge in [-0.2, -0.15) is 4.98 Å². The monoisotopic (exact) mass is 301 g/mol. The highest BCUT2D eigenvalue weighted by atomic mass is 32.2. The van der Waals surface area contributed by atoms with Gasteiger partial charge >= 0.3 is 0 Å². The van der Waals surface area contributed by atoms with Crippen molar-refractivity contribution < 1.29 is 12.9 Å². The van der Waals surface area contributed by atoms with E-state index in [1.807, 2.05) is 7.05 Å². The van der Waals surface area contributed by atoms with Crippen LogP contribution in [0.3, 0.4) is 0 Å². The molecule has 0 saturated carbocycles. The first kappa shape index (κ1) is 15.4. The number of aromatic nitrogens is 2. The molecular weight excluding hydrogens is 278 g/mol. The third-order valence-electron chi connectivity index (χ3n) is 3.63. The summed E-state index contributed by atoms with van der Waals surface area (Å²) in [6, 6.07) is 0. The first-order chi connectivity index (χ1) is 9.48. The van der Waals surface area contributed by atoms with E-state index in [2.05, 4.69) is 22.0 Å². The zero-order valence-electron chi connectivity index (χ0n) is 12.2. The van der Waals surface area contributed by atoms with E-state index in [0.29, 0.717) is 35.7 Å². The van der Waals surface area contributed by atoms with Gasteiger partial charge in [-0.15, -0.1) is 0 Å². The molecule has 1 aromatic heterocycles. The maximum Gasteiger partial charge on any atom is 0.226 e. The third-order valence-corrected chi connectivity index (χ3v) is 5.47. The van der Waals surface area contributed by atoms with Crippen molar-refractivity contribution in [3.63, 3.8) is 0 Å². The zero-order valence-corrected chi connectivity index (χ0v) is 13.0. The molecule has 1 fully saturated rings. The molecular formula is C13H23N3O3S. The molecule has 20 heavy (non-hydrogen) atoms. The predicted octanol–water partition coefficient (Wildman–Crippen LogP) is 1.28. The van der Waals surface area contributed by atoms with Crippen molar-refractivity contribution in [1.82, 2.24) is 15.0 Å². The average molecular weight is 301 g/mol. The Kier molecular flexibility index (Phi) is 5.15. The predicted molar refractivity (Wildman–Crippen MR) is 76.0 cm³/mol. The molecule has 0 radical (unpaired) electrons. The summed E-state index contributed by atoms with van der Waals surface area (Å²) in [5, 5.41) is 3.95. The summed E-state index contributed by atoms with van der Waals surface area (Å²) in [6.45, 7) is 3.58. The van der Waals surface area contributed by atoms with Gasteiger partial charge in [0.1, 0.15) is 0 Å². The van der Waals surface area contributed by atoms with E-state index in [-0.39, 0.29) is 0 Å². The third kappa shape index (κ3) is 4.56. The smallest absolute Gasteiger partial charge is 0.226 e. The number of hydrogen-bond acceptors (Lipinski definition) is 6. The number of nitrogens with zero attached hydrogens (tertiary/aromatic N) is 3. The standard InChI is InChI=1S/C13H23N3O3S/c1-3-4-13-14-12(15-19-13)9-16(2)7-5-11-6-8-20(17,18)10-11/h11H,3-10H2,1-2H3. The molecule has 1 aliphatic heterocycles. The summed E-state index contributed by atoms with van der Waals surface area (Å²) in [5.74, 6) is 2.41. The van der Waals surface area contributed by atoms with Gasteiger partial charge in [-0.1, -0.05) is 12.1 Å². The highest BCUT2D eigenvalue weighted by Gasteiger charge is 2.27. The largest absolute Gasteiger partial charge is 0.339 e. The van der Waals surface area contributed by atoms with Crippen LogP contribution in [0.25, 0.3) is 0 Å². The van der Waals surface area contributed by atoms with Crippen LogP contribution in [-0.2, 0) is 22.8 Å². The lowest BCUT2D eigenvalue weighted by Crippen LogP contribution is -2.22. The maximum absolute atomic E-state index is 11.4. The van der Waals surface area contributed by atoms with Crippen molar-refractivity contribution in [3.8, 4) is 0 Å². The second-order valence-corrected chi connectivity index (χ2v) is 7.88. The Bertz CT molecular complexity index is 527. The molecule has 0 aliphatic carbocycles. The van der Waals surface area contributed by atoms with Gasteiger partial charge in [0.15, 0.2) is 15.7 Å². The molecule has 0 spiro atoms.